The Kier molecular flexibility index (Phi) is 5.74. The maximum Gasteiger partial charge on any atom is 0.417 e. The van der Waals surface area contributed by atoms with E-state index in [0.717, 1.165) is 30.7 Å². The van der Waals surface area contributed by atoms with Crippen LogP contribution in [0.2, 0.25) is 0 Å². The molecule has 7 heteroatoms. The Morgan fingerprint density at radius 1 is 1.29 bits per heavy atom. The molecule has 150 valence electrons. The number of alkyl halides is 3. The third-order valence-corrected chi connectivity index (χ3v) is 5.39. The van der Waals surface area contributed by atoms with E-state index in [-0.39, 0.29) is 11.9 Å². The fourth-order valence-corrected chi connectivity index (χ4v) is 3.79. The molecule has 0 aliphatic carbocycles. The van der Waals surface area contributed by atoms with Gasteiger partial charge >= 0.3 is 6.18 Å². The number of benzene rings is 1. The van der Waals surface area contributed by atoms with E-state index in [2.05, 4.69) is 11.9 Å². The first-order valence-corrected chi connectivity index (χ1v) is 9.37. The summed E-state index contributed by atoms with van der Waals surface area (Å²) in [5.74, 6) is 0.155. The van der Waals surface area contributed by atoms with Crippen LogP contribution in [0, 0.1) is 12.8 Å². The zero-order chi connectivity index (χ0) is 20.5. The van der Waals surface area contributed by atoms with E-state index in [9.17, 15) is 18.0 Å². The zero-order valence-corrected chi connectivity index (χ0v) is 16.0. The number of rotatable bonds is 3. The van der Waals surface area contributed by atoms with Gasteiger partial charge in [-0.25, -0.2) is 0 Å². The van der Waals surface area contributed by atoms with Crippen molar-refractivity contribution in [3.63, 3.8) is 0 Å². The number of carbonyl (C=O) groups is 1. The Hall–Kier alpha value is -2.41. The van der Waals surface area contributed by atoms with Crippen LogP contribution in [-0.4, -0.2) is 34.9 Å². The number of likely N-dealkylation sites (tertiary alicyclic amines) is 1. The molecule has 1 aromatic carbocycles. The number of nitrogens with two attached hydrogens (primary N) is 1. The third kappa shape index (κ3) is 4.04. The van der Waals surface area contributed by atoms with Crippen molar-refractivity contribution in [1.82, 2.24) is 9.88 Å². The second-order valence-electron chi connectivity index (χ2n) is 7.40. The van der Waals surface area contributed by atoms with Gasteiger partial charge in [-0.05, 0) is 43.9 Å². The van der Waals surface area contributed by atoms with Crippen molar-refractivity contribution in [2.45, 2.75) is 38.9 Å². The number of aryl methyl sites for hydroxylation is 1. The predicted octanol–water partition coefficient (Wildman–Crippen LogP) is 4.28. The Morgan fingerprint density at radius 2 is 2.04 bits per heavy atom. The van der Waals surface area contributed by atoms with Crippen molar-refractivity contribution in [3.05, 3.63) is 53.2 Å². The van der Waals surface area contributed by atoms with Gasteiger partial charge in [0, 0.05) is 36.5 Å². The summed E-state index contributed by atoms with van der Waals surface area (Å²) >= 11 is 0. The number of halogens is 3. The van der Waals surface area contributed by atoms with Crippen LogP contribution in [0.1, 0.15) is 41.3 Å². The Labute approximate surface area is 162 Å². The Morgan fingerprint density at radius 3 is 2.64 bits per heavy atom. The molecule has 0 spiro atoms. The van der Waals surface area contributed by atoms with E-state index in [1.165, 1.54) is 6.07 Å². The van der Waals surface area contributed by atoms with Crippen LogP contribution < -0.4 is 5.73 Å². The molecule has 4 nitrogen and oxygen atoms in total. The molecule has 1 fully saturated rings. The molecule has 0 bridgehead atoms. The minimum absolute atomic E-state index is 0.0461. The molecule has 28 heavy (non-hydrogen) atoms. The molecule has 1 saturated heterocycles. The van der Waals surface area contributed by atoms with Gasteiger partial charge in [0.25, 0.3) is 5.91 Å². The summed E-state index contributed by atoms with van der Waals surface area (Å²) in [7, 11) is 0. The molecular weight excluding hydrogens is 367 g/mol. The molecule has 1 aliphatic heterocycles. The lowest BCUT2D eigenvalue weighted by Gasteiger charge is -2.39. The maximum absolute atomic E-state index is 13.3. The molecular formula is C21H24F3N3O. The van der Waals surface area contributed by atoms with Crippen LogP contribution in [0.4, 0.5) is 13.2 Å². The average Bonchev–Trinajstić information content (AvgIpc) is 2.66. The summed E-state index contributed by atoms with van der Waals surface area (Å²) in [6.07, 6.45) is -1.72. The zero-order valence-electron chi connectivity index (χ0n) is 16.0. The number of hydrogen-bond donors (Lipinski definition) is 1. The molecule has 2 N–H and O–H groups in total. The molecule has 1 aliphatic rings. The van der Waals surface area contributed by atoms with Gasteiger partial charge < -0.3 is 10.6 Å². The molecule has 1 aromatic heterocycles. The molecule has 2 aromatic rings. The number of amides is 1. The molecule has 1 unspecified atom stereocenters. The topological polar surface area (TPSA) is 59.2 Å². The second-order valence-corrected chi connectivity index (χ2v) is 7.40. The highest BCUT2D eigenvalue weighted by molar-refractivity contribution is 6.01. The number of nitrogens with zero attached hydrogens (tertiary/aromatic N) is 2. The van der Waals surface area contributed by atoms with Crippen LogP contribution in [0.25, 0.3) is 11.3 Å². The monoisotopic (exact) mass is 391 g/mol. The second kappa shape index (κ2) is 7.91. The van der Waals surface area contributed by atoms with Crippen molar-refractivity contribution < 1.29 is 18.0 Å². The normalized spacial score (nSPS) is 20.3. The van der Waals surface area contributed by atoms with Crippen molar-refractivity contribution in [1.29, 1.82) is 0 Å². The van der Waals surface area contributed by atoms with Crippen LogP contribution >= 0.6 is 0 Å². The fraction of sp³-hybridized carbons (Fsp3) is 0.429. The quantitative estimate of drug-likeness (QED) is 0.850. The highest BCUT2D eigenvalue weighted by Gasteiger charge is 2.33. The van der Waals surface area contributed by atoms with Gasteiger partial charge in [0.1, 0.15) is 0 Å². The van der Waals surface area contributed by atoms with Gasteiger partial charge in [0.2, 0.25) is 0 Å². The highest BCUT2D eigenvalue weighted by Crippen LogP contribution is 2.32. The molecule has 2 heterocycles. The maximum atomic E-state index is 13.3. The number of piperidine rings is 1. The van der Waals surface area contributed by atoms with Gasteiger partial charge in [-0.3, -0.25) is 9.78 Å². The summed E-state index contributed by atoms with van der Waals surface area (Å²) in [4.78, 5) is 19.1. The first kappa shape index (κ1) is 20.3. The van der Waals surface area contributed by atoms with Crippen LogP contribution in [0.3, 0.4) is 0 Å². The lowest BCUT2D eigenvalue weighted by molar-refractivity contribution is -0.137. The molecule has 2 atom stereocenters. The summed E-state index contributed by atoms with van der Waals surface area (Å²) in [5.41, 5.74) is 7.31. The standard InChI is InChI=1S/C21H24F3N3O/c1-13-5-7-16(18-8-6-15(12-26-18)21(22,23)24)17(10-13)20(28)27-9-3-4-14(2)19(27)11-25/h5-8,10,12,14,19H,3-4,9,11,25H2,1-2H3/t14-,19?/m1/s1. The van der Waals surface area contributed by atoms with E-state index < -0.39 is 11.7 Å². The lowest BCUT2D eigenvalue weighted by Crippen LogP contribution is -2.51. The van der Waals surface area contributed by atoms with E-state index in [0.29, 0.717) is 35.8 Å². The van der Waals surface area contributed by atoms with Gasteiger partial charge in [-0.2, -0.15) is 13.2 Å². The summed E-state index contributed by atoms with van der Waals surface area (Å²) < 4.78 is 38.5. The predicted molar refractivity (Wildman–Crippen MR) is 102 cm³/mol. The van der Waals surface area contributed by atoms with E-state index in [1.807, 2.05) is 13.0 Å². The minimum atomic E-state index is -4.45. The van der Waals surface area contributed by atoms with Gasteiger partial charge in [0.05, 0.1) is 11.3 Å². The lowest BCUT2D eigenvalue weighted by atomic mass is 9.89. The number of aromatic nitrogens is 1. The minimum Gasteiger partial charge on any atom is -0.334 e. The smallest absolute Gasteiger partial charge is 0.334 e. The fourth-order valence-electron chi connectivity index (χ4n) is 3.79. The summed E-state index contributed by atoms with van der Waals surface area (Å²) in [5, 5.41) is 0. The van der Waals surface area contributed by atoms with Crippen molar-refractivity contribution in [2.24, 2.45) is 11.7 Å². The van der Waals surface area contributed by atoms with Crippen LogP contribution in [0.5, 0.6) is 0 Å². The average molecular weight is 391 g/mol. The molecule has 1 amide bonds. The number of pyridine rings is 1. The highest BCUT2D eigenvalue weighted by atomic mass is 19.4. The SMILES string of the molecule is Cc1ccc(-c2ccc(C(F)(F)F)cn2)c(C(=O)N2CCC[C@@H](C)C2CN)c1. The van der Waals surface area contributed by atoms with Crippen LogP contribution in [-0.2, 0) is 6.18 Å². The van der Waals surface area contributed by atoms with Crippen LogP contribution in [0.15, 0.2) is 36.5 Å². The Bertz CT molecular complexity index is 849. The molecule has 0 saturated carbocycles. The van der Waals surface area contributed by atoms with E-state index in [4.69, 9.17) is 5.73 Å². The van der Waals surface area contributed by atoms with Gasteiger partial charge in [0.15, 0.2) is 0 Å². The largest absolute Gasteiger partial charge is 0.417 e. The van der Waals surface area contributed by atoms with Crippen molar-refractivity contribution >= 4 is 5.91 Å². The number of carbonyl (C=O) groups excluding carboxylic acids is 1. The van der Waals surface area contributed by atoms with Gasteiger partial charge in [-0.1, -0.05) is 24.6 Å². The van der Waals surface area contributed by atoms with E-state index in [1.54, 1.807) is 17.0 Å². The molecule has 3 rings (SSSR count). The first-order valence-electron chi connectivity index (χ1n) is 9.37. The van der Waals surface area contributed by atoms with Crippen molar-refractivity contribution in [2.75, 3.05) is 13.1 Å². The van der Waals surface area contributed by atoms with Crippen molar-refractivity contribution in [3.8, 4) is 11.3 Å². The molecule has 0 radical (unpaired) electrons. The van der Waals surface area contributed by atoms with E-state index >= 15 is 0 Å². The Balaban J connectivity index is 2.00. The summed E-state index contributed by atoms with van der Waals surface area (Å²) in [6.45, 7) is 4.97. The first-order chi connectivity index (χ1) is 13.2. The third-order valence-electron chi connectivity index (χ3n) is 5.39. The van der Waals surface area contributed by atoms with Gasteiger partial charge in [-0.15, -0.1) is 0 Å². The number of hydrogen-bond acceptors (Lipinski definition) is 3. The summed E-state index contributed by atoms with van der Waals surface area (Å²) in [6, 6.07) is 7.58.